The van der Waals surface area contributed by atoms with Crippen molar-refractivity contribution < 1.29 is 4.74 Å². The summed E-state index contributed by atoms with van der Waals surface area (Å²) in [5.41, 5.74) is 8.06. The van der Waals surface area contributed by atoms with Crippen LogP contribution in [-0.2, 0) is 13.2 Å². The van der Waals surface area contributed by atoms with Crippen LogP contribution >= 0.6 is 15.9 Å². The van der Waals surface area contributed by atoms with Crippen molar-refractivity contribution in [3.8, 4) is 5.75 Å². The highest BCUT2D eigenvalue weighted by Gasteiger charge is 2.10. The van der Waals surface area contributed by atoms with Crippen LogP contribution in [0.15, 0.2) is 35.2 Å². The van der Waals surface area contributed by atoms with Crippen LogP contribution in [0, 0.1) is 0 Å². The molecule has 20 heavy (non-hydrogen) atoms. The van der Waals surface area contributed by atoms with Crippen LogP contribution in [0.25, 0.3) is 0 Å². The van der Waals surface area contributed by atoms with E-state index in [-0.39, 0.29) is 6.04 Å². The van der Waals surface area contributed by atoms with Crippen LogP contribution < -0.4 is 10.5 Å². The number of halogens is 1. The molecule has 0 aliphatic carbocycles. The van der Waals surface area contributed by atoms with Gasteiger partial charge in [-0.1, -0.05) is 28.9 Å². The molecule has 0 spiro atoms. The van der Waals surface area contributed by atoms with E-state index in [0.717, 1.165) is 34.4 Å². The van der Waals surface area contributed by atoms with Crippen molar-refractivity contribution in [2.45, 2.75) is 39.5 Å². The predicted octanol–water partition coefficient (Wildman–Crippen LogP) is 3.65. The quantitative estimate of drug-likeness (QED) is 0.875. The van der Waals surface area contributed by atoms with Gasteiger partial charge in [-0.05, 0) is 25.5 Å². The Morgan fingerprint density at radius 2 is 2.25 bits per heavy atom. The average Bonchev–Trinajstić information content (AvgIpc) is 2.84. The zero-order valence-corrected chi connectivity index (χ0v) is 13.4. The van der Waals surface area contributed by atoms with E-state index in [2.05, 4.69) is 32.4 Å². The molecule has 108 valence electrons. The first kappa shape index (κ1) is 15.1. The van der Waals surface area contributed by atoms with Crippen LogP contribution in [0.2, 0.25) is 0 Å². The third kappa shape index (κ3) is 3.61. The van der Waals surface area contributed by atoms with Crippen LogP contribution in [0.4, 0.5) is 0 Å². The molecule has 1 aromatic heterocycles. The molecule has 0 saturated heterocycles. The predicted molar refractivity (Wildman–Crippen MR) is 83.6 cm³/mol. The second-order valence-electron chi connectivity index (χ2n) is 4.84. The van der Waals surface area contributed by atoms with E-state index in [4.69, 9.17) is 10.5 Å². The van der Waals surface area contributed by atoms with E-state index in [9.17, 15) is 0 Å². The van der Waals surface area contributed by atoms with E-state index in [1.807, 2.05) is 37.6 Å². The van der Waals surface area contributed by atoms with Gasteiger partial charge >= 0.3 is 0 Å². The molecule has 0 aliphatic rings. The number of benzene rings is 1. The lowest BCUT2D eigenvalue weighted by molar-refractivity contribution is 0.290. The largest absolute Gasteiger partial charge is 0.487 e. The summed E-state index contributed by atoms with van der Waals surface area (Å²) in [7, 11) is 0. The summed E-state index contributed by atoms with van der Waals surface area (Å²) in [6.07, 6.45) is 4.76. The molecule has 1 unspecified atom stereocenters. The third-order valence-electron chi connectivity index (χ3n) is 3.10. The number of aromatic nitrogens is 2. The zero-order chi connectivity index (χ0) is 14.5. The van der Waals surface area contributed by atoms with Crippen molar-refractivity contribution in [2.75, 3.05) is 0 Å². The van der Waals surface area contributed by atoms with Gasteiger partial charge in [0.15, 0.2) is 0 Å². The molecule has 0 amide bonds. The molecule has 4 nitrogen and oxygen atoms in total. The van der Waals surface area contributed by atoms with E-state index in [1.165, 1.54) is 0 Å². The Labute approximate surface area is 128 Å². The van der Waals surface area contributed by atoms with Crippen LogP contribution in [-0.4, -0.2) is 9.55 Å². The first-order valence-corrected chi connectivity index (χ1v) is 7.58. The molecule has 0 saturated carbocycles. The molecule has 2 rings (SSSR count). The van der Waals surface area contributed by atoms with E-state index < -0.39 is 0 Å². The summed E-state index contributed by atoms with van der Waals surface area (Å²) in [5.74, 6) is 0.818. The van der Waals surface area contributed by atoms with E-state index in [1.54, 1.807) is 0 Å². The minimum atomic E-state index is -0.0568. The maximum Gasteiger partial charge on any atom is 0.130 e. The van der Waals surface area contributed by atoms with Crippen molar-refractivity contribution in [1.82, 2.24) is 9.55 Å². The van der Waals surface area contributed by atoms with E-state index in [0.29, 0.717) is 6.61 Å². The number of nitrogens with two attached hydrogens (primary N) is 1. The van der Waals surface area contributed by atoms with Crippen molar-refractivity contribution in [3.05, 3.63) is 46.5 Å². The van der Waals surface area contributed by atoms with E-state index >= 15 is 0 Å². The topological polar surface area (TPSA) is 53.1 Å². The van der Waals surface area contributed by atoms with Gasteiger partial charge in [0.25, 0.3) is 0 Å². The molecule has 0 fully saturated rings. The fourth-order valence-corrected chi connectivity index (χ4v) is 2.41. The molecule has 2 N–H and O–H groups in total. The van der Waals surface area contributed by atoms with Crippen LogP contribution in [0.1, 0.15) is 37.6 Å². The lowest BCUT2D eigenvalue weighted by Crippen LogP contribution is -2.10. The van der Waals surface area contributed by atoms with Gasteiger partial charge in [-0.15, -0.1) is 0 Å². The second kappa shape index (κ2) is 6.90. The van der Waals surface area contributed by atoms with Gasteiger partial charge in [0.05, 0.1) is 18.2 Å². The second-order valence-corrected chi connectivity index (χ2v) is 5.75. The normalized spacial score (nSPS) is 12.4. The number of aryl methyl sites for hydroxylation is 1. The van der Waals surface area contributed by atoms with Crippen molar-refractivity contribution >= 4 is 15.9 Å². The SMILES string of the molecule is CCCn1cncc1COc1cc(Br)ccc1C(C)N. The minimum absolute atomic E-state index is 0.0568. The highest BCUT2D eigenvalue weighted by molar-refractivity contribution is 9.10. The fourth-order valence-electron chi connectivity index (χ4n) is 2.07. The number of hydrogen-bond acceptors (Lipinski definition) is 3. The fraction of sp³-hybridized carbons (Fsp3) is 0.400. The van der Waals surface area contributed by atoms with Crippen molar-refractivity contribution in [2.24, 2.45) is 5.73 Å². The average molecular weight is 338 g/mol. The van der Waals surface area contributed by atoms with Gasteiger partial charge in [0.2, 0.25) is 0 Å². The standard InChI is InChI=1S/C15H20BrN3O/c1-3-6-19-10-18-8-13(19)9-20-15-7-12(16)4-5-14(15)11(2)17/h4-5,7-8,10-11H,3,6,9,17H2,1-2H3. The maximum atomic E-state index is 5.98. The van der Waals surface area contributed by atoms with Crippen molar-refractivity contribution in [3.63, 3.8) is 0 Å². The van der Waals surface area contributed by atoms with Gasteiger partial charge < -0.3 is 15.0 Å². The minimum Gasteiger partial charge on any atom is -0.487 e. The summed E-state index contributed by atoms with van der Waals surface area (Å²) >= 11 is 3.47. The lowest BCUT2D eigenvalue weighted by atomic mass is 10.1. The molecule has 0 bridgehead atoms. The van der Waals surface area contributed by atoms with Gasteiger partial charge in [0.1, 0.15) is 12.4 Å². The van der Waals surface area contributed by atoms with Crippen LogP contribution in [0.3, 0.4) is 0 Å². The molecule has 1 aromatic carbocycles. The van der Waals surface area contributed by atoms with Crippen molar-refractivity contribution in [1.29, 1.82) is 0 Å². The molecule has 1 atom stereocenters. The summed E-state index contributed by atoms with van der Waals surface area (Å²) in [6.45, 7) is 5.55. The Hall–Kier alpha value is -1.33. The molecule has 0 radical (unpaired) electrons. The molecular formula is C15H20BrN3O. The number of rotatable bonds is 6. The van der Waals surface area contributed by atoms with Gasteiger partial charge in [-0.25, -0.2) is 4.98 Å². The molecule has 5 heteroatoms. The first-order valence-electron chi connectivity index (χ1n) is 6.78. The summed E-state index contributed by atoms with van der Waals surface area (Å²) in [4.78, 5) is 4.18. The highest BCUT2D eigenvalue weighted by Crippen LogP contribution is 2.28. The van der Waals surface area contributed by atoms with Gasteiger partial charge in [-0.2, -0.15) is 0 Å². The number of nitrogens with zero attached hydrogens (tertiary/aromatic N) is 2. The summed E-state index contributed by atoms with van der Waals surface area (Å²) in [5, 5.41) is 0. The molecule has 0 aliphatic heterocycles. The van der Waals surface area contributed by atoms with Gasteiger partial charge in [-0.3, -0.25) is 0 Å². The Kier molecular flexibility index (Phi) is 5.20. The lowest BCUT2D eigenvalue weighted by Gasteiger charge is -2.15. The zero-order valence-electron chi connectivity index (χ0n) is 11.8. The number of hydrogen-bond donors (Lipinski definition) is 1. The Bertz CT molecular complexity index is 566. The Balaban J connectivity index is 2.14. The van der Waals surface area contributed by atoms with Gasteiger partial charge in [0, 0.05) is 22.6 Å². The number of ether oxygens (including phenoxy) is 1. The summed E-state index contributed by atoms with van der Waals surface area (Å²) < 4.78 is 9.04. The highest BCUT2D eigenvalue weighted by atomic mass is 79.9. The van der Waals surface area contributed by atoms with Crippen LogP contribution in [0.5, 0.6) is 5.75 Å². The molecular weight excluding hydrogens is 318 g/mol. The maximum absolute atomic E-state index is 5.98. The Morgan fingerprint density at radius 3 is 2.95 bits per heavy atom. The first-order chi connectivity index (χ1) is 9.61. The Morgan fingerprint density at radius 1 is 1.45 bits per heavy atom. The third-order valence-corrected chi connectivity index (χ3v) is 3.60. The number of imidazole rings is 1. The smallest absolute Gasteiger partial charge is 0.130 e. The molecule has 2 aromatic rings. The monoisotopic (exact) mass is 337 g/mol. The summed E-state index contributed by atoms with van der Waals surface area (Å²) in [6, 6.07) is 5.87. The molecule has 1 heterocycles.